The summed E-state index contributed by atoms with van der Waals surface area (Å²) in [6, 6.07) is 2.94. The first-order chi connectivity index (χ1) is 18.9. The van der Waals surface area contributed by atoms with E-state index in [9.17, 15) is 19.2 Å². The molecule has 0 fully saturated rings. The van der Waals surface area contributed by atoms with Gasteiger partial charge in [-0.3, -0.25) is 19.2 Å². The molecule has 0 amide bonds. The van der Waals surface area contributed by atoms with Gasteiger partial charge in [-0.1, -0.05) is 27.7 Å². The molecule has 0 spiro atoms. The monoisotopic (exact) mass is 546 g/mol. The highest BCUT2D eigenvalue weighted by molar-refractivity contribution is 6.37. The Balaban J connectivity index is 2.04. The molecule has 4 rings (SSSR count). The number of fused-ring (bicyclic) bond motifs is 2. The van der Waals surface area contributed by atoms with E-state index < -0.39 is 23.1 Å². The van der Waals surface area contributed by atoms with E-state index in [1.54, 1.807) is 0 Å². The van der Waals surface area contributed by atoms with Gasteiger partial charge in [-0.15, -0.1) is 0 Å². The van der Waals surface area contributed by atoms with Crippen LogP contribution in [0.2, 0.25) is 0 Å². The van der Waals surface area contributed by atoms with E-state index in [1.807, 2.05) is 27.7 Å². The highest BCUT2D eigenvalue weighted by Crippen LogP contribution is 2.48. The molecule has 0 unspecified atom stereocenters. The molecule has 0 radical (unpaired) electrons. The maximum atomic E-state index is 14.2. The van der Waals surface area contributed by atoms with E-state index in [1.165, 1.54) is 54.4 Å². The predicted molar refractivity (Wildman–Crippen MR) is 150 cm³/mol. The van der Waals surface area contributed by atoms with E-state index in [4.69, 9.17) is 18.9 Å². The third-order valence-electron chi connectivity index (χ3n) is 7.65. The number of carbonyl (C=O) groups is 4. The summed E-state index contributed by atoms with van der Waals surface area (Å²) in [5, 5.41) is 0. The van der Waals surface area contributed by atoms with Gasteiger partial charge in [0.25, 0.3) is 0 Å². The molecule has 0 heterocycles. The van der Waals surface area contributed by atoms with Gasteiger partial charge in [-0.05, 0) is 37.8 Å². The van der Waals surface area contributed by atoms with Crippen LogP contribution >= 0.6 is 0 Å². The zero-order valence-electron chi connectivity index (χ0n) is 24.6. The van der Waals surface area contributed by atoms with Crippen molar-refractivity contribution in [2.45, 2.75) is 53.4 Å². The lowest BCUT2D eigenvalue weighted by atomic mass is 9.72. The highest BCUT2D eigenvalue weighted by atomic mass is 16.5. The van der Waals surface area contributed by atoms with Crippen LogP contribution in [-0.4, -0.2) is 51.6 Å². The lowest BCUT2D eigenvalue weighted by Crippen LogP contribution is -2.31. The smallest absolute Gasteiger partial charge is 0.195 e. The van der Waals surface area contributed by atoms with Gasteiger partial charge in [-0.2, -0.15) is 0 Å². The van der Waals surface area contributed by atoms with Crippen molar-refractivity contribution >= 4 is 23.1 Å². The van der Waals surface area contributed by atoms with Crippen LogP contribution in [0.4, 0.5) is 0 Å². The fourth-order valence-electron chi connectivity index (χ4n) is 5.81. The van der Waals surface area contributed by atoms with E-state index in [2.05, 4.69) is 0 Å². The first-order valence-corrected chi connectivity index (χ1v) is 13.1. The predicted octanol–water partition coefficient (Wildman–Crippen LogP) is 6.06. The standard InChI is InChI=1S/C32H34O8/c1-13(2)21-25-17(11-19(37-7)31(21)39-9)29(35)23(15(5)27(25)33)24-16(6)28(34)26-18(30(24)36)12-20(38-8)32(40-10)22(26)14(3)4/h11-14H,1-10H3. The Morgan fingerprint density at radius 3 is 1.10 bits per heavy atom. The lowest BCUT2D eigenvalue weighted by Gasteiger charge is -2.29. The number of benzene rings is 2. The second-order valence-electron chi connectivity index (χ2n) is 10.5. The average Bonchev–Trinajstić information content (AvgIpc) is 2.93. The largest absolute Gasteiger partial charge is 0.493 e. The van der Waals surface area contributed by atoms with Crippen LogP contribution in [-0.2, 0) is 0 Å². The fourth-order valence-corrected chi connectivity index (χ4v) is 5.81. The molecule has 40 heavy (non-hydrogen) atoms. The van der Waals surface area contributed by atoms with Crippen LogP contribution in [0.3, 0.4) is 0 Å². The zero-order chi connectivity index (χ0) is 29.8. The Morgan fingerprint density at radius 1 is 0.525 bits per heavy atom. The number of hydrogen-bond acceptors (Lipinski definition) is 8. The molecule has 210 valence electrons. The first-order valence-electron chi connectivity index (χ1n) is 13.1. The second kappa shape index (κ2) is 10.4. The van der Waals surface area contributed by atoms with Gasteiger partial charge >= 0.3 is 0 Å². The van der Waals surface area contributed by atoms with Crippen molar-refractivity contribution < 1.29 is 38.1 Å². The molecule has 0 saturated carbocycles. The van der Waals surface area contributed by atoms with Crippen molar-refractivity contribution in [1.29, 1.82) is 0 Å². The van der Waals surface area contributed by atoms with Crippen LogP contribution in [0, 0.1) is 0 Å². The Morgan fingerprint density at radius 2 is 0.850 bits per heavy atom. The molecule has 2 aliphatic carbocycles. The quantitative estimate of drug-likeness (QED) is 0.413. The fraction of sp³-hybridized carbons (Fsp3) is 0.375. The summed E-state index contributed by atoms with van der Waals surface area (Å²) >= 11 is 0. The number of allylic oxidation sites excluding steroid dienone is 4. The minimum absolute atomic E-state index is 0.0817. The third-order valence-corrected chi connectivity index (χ3v) is 7.65. The molecule has 2 aromatic rings. The Kier molecular flexibility index (Phi) is 7.49. The van der Waals surface area contributed by atoms with Crippen molar-refractivity contribution in [3.63, 3.8) is 0 Å². The van der Waals surface area contributed by atoms with E-state index in [0.717, 1.165) is 0 Å². The maximum absolute atomic E-state index is 14.2. The van der Waals surface area contributed by atoms with Crippen molar-refractivity contribution in [2.24, 2.45) is 0 Å². The van der Waals surface area contributed by atoms with Crippen LogP contribution in [0.25, 0.3) is 0 Å². The van der Waals surface area contributed by atoms with E-state index >= 15 is 0 Å². The molecule has 0 atom stereocenters. The summed E-state index contributed by atoms with van der Waals surface area (Å²) in [7, 11) is 5.86. The van der Waals surface area contributed by atoms with Gasteiger partial charge in [-0.25, -0.2) is 0 Å². The molecule has 8 heteroatoms. The number of hydrogen-bond donors (Lipinski definition) is 0. The zero-order valence-corrected chi connectivity index (χ0v) is 24.6. The van der Waals surface area contributed by atoms with Crippen molar-refractivity contribution in [3.05, 3.63) is 67.8 Å². The molecule has 0 bridgehead atoms. The number of Topliss-reactive ketones (excluding diaryl/α,β-unsaturated/α-hetero) is 4. The van der Waals surface area contributed by atoms with Gasteiger partial charge in [0.15, 0.2) is 46.1 Å². The normalized spacial score (nSPS) is 15.2. The third kappa shape index (κ3) is 3.96. The van der Waals surface area contributed by atoms with Crippen LogP contribution in [0.1, 0.15) is 106 Å². The second-order valence-corrected chi connectivity index (χ2v) is 10.5. The SMILES string of the molecule is COc1cc2c(c(C(C)C)c1OC)C(=O)C(C)=C(C1=C(C)C(=O)c3c(cc(OC)c(OC)c3C(C)C)C1=O)C2=O. The van der Waals surface area contributed by atoms with Crippen molar-refractivity contribution in [1.82, 2.24) is 0 Å². The van der Waals surface area contributed by atoms with E-state index in [0.29, 0.717) is 34.1 Å². The first kappa shape index (κ1) is 28.8. The molecular formula is C32H34O8. The molecule has 2 aliphatic rings. The Hall–Kier alpha value is -4.20. The van der Waals surface area contributed by atoms with Gasteiger partial charge in [0, 0.05) is 55.7 Å². The lowest BCUT2D eigenvalue weighted by molar-refractivity contribution is 0.0951. The minimum Gasteiger partial charge on any atom is -0.493 e. The summed E-state index contributed by atoms with van der Waals surface area (Å²) < 4.78 is 22.2. The topological polar surface area (TPSA) is 105 Å². The summed E-state index contributed by atoms with van der Waals surface area (Å²) in [4.78, 5) is 56.2. The van der Waals surface area contributed by atoms with Gasteiger partial charge in [0.05, 0.1) is 28.4 Å². The molecule has 2 aromatic carbocycles. The van der Waals surface area contributed by atoms with E-state index in [-0.39, 0.29) is 56.4 Å². The summed E-state index contributed by atoms with van der Waals surface area (Å²) in [6.45, 7) is 10.6. The Labute approximate surface area is 233 Å². The number of methoxy groups -OCH3 is 4. The van der Waals surface area contributed by atoms with Gasteiger partial charge in [0.1, 0.15) is 0 Å². The minimum atomic E-state index is -0.529. The number of ketones is 4. The number of rotatable bonds is 7. The van der Waals surface area contributed by atoms with Crippen LogP contribution in [0.5, 0.6) is 23.0 Å². The number of ether oxygens (including phenoxy) is 4. The highest BCUT2D eigenvalue weighted by Gasteiger charge is 2.43. The molecule has 0 aliphatic heterocycles. The van der Waals surface area contributed by atoms with Gasteiger partial charge in [0.2, 0.25) is 0 Å². The van der Waals surface area contributed by atoms with Crippen LogP contribution < -0.4 is 18.9 Å². The number of carbonyl (C=O) groups excluding carboxylic acids is 4. The van der Waals surface area contributed by atoms with Gasteiger partial charge < -0.3 is 18.9 Å². The van der Waals surface area contributed by atoms with Crippen molar-refractivity contribution in [3.8, 4) is 23.0 Å². The molecule has 8 nitrogen and oxygen atoms in total. The summed E-state index contributed by atoms with van der Waals surface area (Å²) in [6.07, 6.45) is 0. The summed E-state index contributed by atoms with van der Waals surface area (Å²) in [5.74, 6) is -0.868. The molecule has 0 N–H and O–H groups in total. The molecular weight excluding hydrogens is 512 g/mol. The maximum Gasteiger partial charge on any atom is 0.195 e. The molecule has 0 aromatic heterocycles. The average molecular weight is 547 g/mol. The van der Waals surface area contributed by atoms with Crippen LogP contribution in [0.15, 0.2) is 34.4 Å². The summed E-state index contributed by atoms with van der Waals surface area (Å²) in [5.41, 5.74) is 1.78. The molecule has 0 saturated heterocycles. The van der Waals surface area contributed by atoms with Crippen molar-refractivity contribution in [2.75, 3.05) is 28.4 Å². The Bertz CT molecular complexity index is 1450.